The fourth-order valence-electron chi connectivity index (χ4n) is 1.03. The zero-order valence-electron chi connectivity index (χ0n) is 6.61. The Kier molecular flexibility index (Phi) is 2.32. The minimum absolute atomic E-state index is 0.0216. The molecule has 1 aliphatic carbocycles. The van der Waals surface area contributed by atoms with Crippen molar-refractivity contribution in [2.45, 2.75) is 12.8 Å². The predicted octanol–water partition coefficient (Wildman–Crippen LogP) is 1.36. The molecule has 1 N–H and O–H groups in total. The molecule has 0 radical (unpaired) electrons. The Bertz CT molecular complexity index is 267. The average Bonchev–Trinajstić information content (AvgIpc) is 2.04. The van der Waals surface area contributed by atoms with E-state index in [0.717, 1.165) is 6.08 Å². The molecule has 0 aromatic carbocycles. The molecule has 0 saturated heterocycles. The van der Waals surface area contributed by atoms with Gasteiger partial charge >= 0.3 is 0 Å². The lowest BCUT2D eigenvalue weighted by Gasteiger charge is -2.10. The van der Waals surface area contributed by atoms with Gasteiger partial charge < -0.3 is 9.84 Å². The molecule has 1 aliphatic rings. The molecule has 0 bridgehead atoms. The highest BCUT2D eigenvalue weighted by Crippen LogP contribution is 2.22. The molecule has 5 heteroatoms. The first-order chi connectivity index (χ1) is 5.65. The summed E-state index contributed by atoms with van der Waals surface area (Å²) in [6, 6.07) is 0. The monoisotopic (exact) mass is 171 g/mol. The topological polar surface area (TPSA) is 72.6 Å². The van der Waals surface area contributed by atoms with Gasteiger partial charge in [-0.1, -0.05) is 0 Å². The highest BCUT2D eigenvalue weighted by atomic mass is 16.6. The molecule has 5 nitrogen and oxygen atoms in total. The maximum atomic E-state index is 10.3. The number of allylic oxidation sites excluding steroid dienone is 3. The third-order valence-corrected chi connectivity index (χ3v) is 1.68. The minimum atomic E-state index is -0.497. The number of methoxy groups -OCH3 is 1. The van der Waals surface area contributed by atoms with Gasteiger partial charge in [-0.05, 0) is 0 Å². The Morgan fingerprint density at radius 2 is 2.33 bits per heavy atom. The van der Waals surface area contributed by atoms with Gasteiger partial charge in [0.1, 0.15) is 5.76 Å². The summed E-state index contributed by atoms with van der Waals surface area (Å²) in [5, 5.41) is 19.4. The summed E-state index contributed by atoms with van der Waals surface area (Å²) < 4.78 is 4.79. The van der Waals surface area contributed by atoms with E-state index in [0.29, 0.717) is 18.6 Å². The number of ether oxygens (including phenoxy) is 1. The molecule has 0 aromatic heterocycles. The van der Waals surface area contributed by atoms with Crippen LogP contribution < -0.4 is 0 Å². The van der Waals surface area contributed by atoms with Crippen LogP contribution in [0.1, 0.15) is 12.8 Å². The van der Waals surface area contributed by atoms with Crippen LogP contribution in [0.5, 0.6) is 0 Å². The normalized spacial score (nSPS) is 17.2. The van der Waals surface area contributed by atoms with Crippen LogP contribution >= 0.6 is 0 Å². The summed E-state index contributed by atoms with van der Waals surface area (Å²) >= 11 is 0. The fourth-order valence-corrected chi connectivity index (χ4v) is 1.03. The third kappa shape index (κ3) is 1.55. The average molecular weight is 171 g/mol. The van der Waals surface area contributed by atoms with E-state index in [4.69, 9.17) is 9.84 Å². The third-order valence-electron chi connectivity index (χ3n) is 1.68. The number of hydrogen-bond donors (Lipinski definition) is 1. The molecule has 66 valence electrons. The molecule has 0 aliphatic heterocycles. The summed E-state index contributed by atoms with van der Waals surface area (Å²) in [4.78, 5) is 9.76. The second-order valence-corrected chi connectivity index (χ2v) is 2.41. The Balaban J connectivity index is 2.88. The van der Waals surface area contributed by atoms with Crippen LogP contribution in [0.3, 0.4) is 0 Å². The number of rotatable bonds is 2. The van der Waals surface area contributed by atoms with Gasteiger partial charge in [0.05, 0.1) is 18.1 Å². The second-order valence-electron chi connectivity index (χ2n) is 2.41. The number of nitrogens with zero attached hydrogens (tertiary/aromatic N) is 1. The van der Waals surface area contributed by atoms with Crippen LogP contribution in [-0.2, 0) is 4.74 Å². The van der Waals surface area contributed by atoms with Crippen molar-refractivity contribution in [1.29, 1.82) is 0 Å². The van der Waals surface area contributed by atoms with Crippen molar-refractivity contribution in [3.63, 3.8) is 0 Å². The Labute approximate surface area is 69.1 Å². The van der Waals surface area contributed by atoms with E-state index in [-0.39, 0.29) is 11.5 Å². The number of aliphatic hydroxyl groups excluding tert-OH is 1. The Morgan fingerprint density at radius 3 is 2.75 bits per heavy atom. The molecule has 1 rings (SSSR count). The molecular weight excluding hydrogens is 162 g/mol. The molecular formula is C7H9NO4. The second kappa shape index (κ2) is 3.25. The standard InChI is InChI=1S/C7H9NO4/c1-12-7-3-2-5(8(10)11)4-6(7)9/h4,9H,2-3H2,1H3. The predicted molar refractivity (Wildman–Crippen MR) is 41.0 cm³/mol. The molecule has 0 amide bonds. The van der Waals surface area contributed by atoms with E-state index in [2.05, 4.69) is 0 Å². The zero-order chi connectivity index (χ0) is 9.14. The van der Waals surface area contributed by atoms with Crippen LogP contribution in [0, 0.1) is 10.1 Å². The van der Waals surface area contributed by atoms with Gasteiger partial charge in [-0.25, -0.2) is 0 Å². The van der Waals surface area contributed by atoms with E-state index in [1.54, 1.807) is 0 Å². The SMILES string of the molecule is COC1=C(O)C=C([N+](=O)[O-])CC1. The largest absolute Gasteiger partial charge is 0.504 e. The molecule has 0 spiro atoms. The van der Waals surface area contributed by atoms with Crippen LogP contribution in [0.15, 0.2) is 23.3 Å². The molecule has 0 aromatic rings. The van der Waals surface area contributed by atoms with E-state index in [1.807, 2.05) is 0 Å². The van der Waals surface area contributed by atoms with Crippen LogP contribution in [-0.4, -0.2) is 17.1 Å². The highest BCUT2D eigenvalue weighted by molar-refractivity contribution is 5.22. The van der Waals surface area contributed by atoms with Gasteiger partial charge in [-0.3, -0.25) is 10.1 Å². The van der Waals surface area contributed by atoms with E-state index >= 15 is 0 Å². The molecule has 12 heavy (non-hydrogen) atoms. The van der Waals surface area contributed by atoms with Gasteiger partial charge in [0.15, 0.2) is 5.76 Å². The highest BCUT2D eigenvalue weighted by Gasteiger charge is 2.20. The number of hydrogen-bond acceptors (Lipinski definition) is 4. The summed E-state index contributed by atoms with van der Waals surface area (Å²) in [7, 11) is 1.43. The lowest BCUT2D eigenvalue weighted by atomic mass is 10.1. The van der Waals surface area contributed by atoms with Crippen molar-refractivity contribution in [1.82, 2.24) is 0 Å². The van der Waals surface area contributed by atoms with Crippen molar-refractivity contribution >= 4 is 0 Å². The number of aliphatic hydroxyl groups is 1. The molecule has 0 unspecified atom stereocenters. The van der Waals surface area contributed by atoms with Crippen molar-refractivity contribution in [2.75, 3.05) is 7.11 Å². The first-order valence-corrected chi connectivity index (χ1v) is 3.46. The first-order valence-electron chi connectivity index (χ1n) is 3.46. The molecule has 0 heterocycles. The van der Waals surface area contributed by atoms with Gasteiger partial charge in [-0.15, -0.1) is 0 Å². The molecule has 0 fully saturated rings. The van der Waals surface area contributed by atoms with Gasteiger partial charge in [0.25, 0.3) is 5.70 Å². The zero-order valence-corrected chi connectivity index (χ0v) is 6.61. The van der Waals surface area contributed by atoms with Crippen LogP contribution in [0.25, 0.3) is 0 Å². The quantitative estimate of drug-likeness (QED) is 0.502. The summed E-state index contributed by atoms with van der Waals surface area (Å²) in [5.41, 5.74) is 0.0216. The summed E-state index contributed by atoms with van der Waals surface area (Å²) in [6.07, 6.45) is 1.82. The summed E-state index contributed by atoms with van der Waals surface area (Å²) in [5.74, 6) is 0.260. The van der Waals surface area contributed by atoms with Crippen LogP contribution in [0.4, 0.5) is 0 Å². The van der Waals surface area contributed by atoms with Crippen LogP contribution in [0.2, 0.25) is 0 Å². The lowest BCUT2D eigenvalue weighted by Crippen LogP contribution is -2.06. The molecule has 0 saturated carbocycles. The summed E-state index contributed by atoms with van der Waals surface area (Å²) in [6.45, 7) is 0. The van der Waals surface area contributed by atoms with Gasteiger partial charge in [-0.2, -0.15) is 0 Å². The smallest absolute Gasteiger partial charge is 0.250 e. The Morgan fingerprint density at radius 1 is 1.67 bits per heavy atom. The van der Waals surface area contributed by atoms with Gasteiger partial charge in [0, 0.05) is 12.8 Å². The first kappa shape index (κ1) is 8.58. The maximum Gasteiger partial charge on any atom is 0.250 e. The van der Waals surface area contributed by atoms with Crippen molar-refractivity contribution in [2.24, 2.45) is 0 Å². The fraction of sp³-hybridized carbons (Fsp3) is 0.429. The lowest BCUT2D eigenvalue weighted by molar-refractivity contribution is -0.428. The molecule has 0 atom stereocenters. The van der Waals surface area contributed by atoms with Gasteiger partial charge in [0.2, 0.25) is 0 Å². The van der Waals surface area contributed by atoms with Crippen molar-refractivity contribution in [3.05, 3.63) is 33.4 Å². The minimum Gasteiger partial charge on any atom is -0.504 e. The van der Waals surface area contributed by atoms with E-state index < -0.39 is 4.92 Å². The van der Waals surface area contributed by atoms with E-state index in [9.17, 15) is 10.1 Å². The van der Waals surface area contributed by atoms with Crippen molar-refractivity contribution < 1.29 is 14.8 Å². The Hall–Kier alpha value is -1.52. The van der Waals surface area contributed by atoms with Crippen molar-refractivity contribution in [3.8, 4) is 0 Å². The van der Waals surface area contributed by atoms with E-state index in [1.165, 1.54) is 7.11 Å². The number of nitro groups is 1. The maximum absolute atomic E-state index is 10.3.